The molecule has 0 aliphatic heterocycles. The molecule has 0 radical (unpaired) electrons. The van der Waals surface area contributed by atoms with Gasteiger partial charge in [-0.2, -0.15) is 0 Å². The van der Waals surface area contributed by atoms with Gasteiger partial charge in [-0.3, -0.25) is 0 Å². The van der Waals surface area contributed by atoms with E-state index in [1.54, 1.807) is 26.4 Å². The number of nitrogens with one attached hydrogen (secondary N) is 2. The predicted molar refractivity (Wildman–Crippen MR) is 109 cm³/mol. The van der Waals surface area contributed by atoms with Gasteiger partial charge in [0.1, 0.15) is 0 Å². The second kappa shape index (κ2) is 8.65. The van der Waals surface area contributed by atoms with Crippen molar-refractivity contribution in [3.63, 3.8) is 0 Å². The standard InChI is InChI=1S/C21H25ClN2O3/c1-13(23-12-18(25)14-5-4-6-16(22)10-14)9-15-11-24-20-17(15)7-8-19(26-2)21(20)27-3/h4-8,10-11,13,18,23-25H,9,12H2,1-3H3. The number of aromatic amines is 1. The van der Waals surface area contributed by atoms with Gasteiger partial charge in [-0.25, -0.2) is 0 Å². The first-order valence-electron chi connectivity index (χ1n) is 8.91. The van der Waals surface area contributed by atoms with E-state index in [1.165, 1.54) is 5.56 Å². The third-order valence-corrected chi connectivity index (χ3v) is 4.94. The first-order chi connectivity index (χ1) is 13.0. The van der Waals surface area contributed by atoms with Crippen molar-refractivity contribution in [3.05, 3.63) is 58.7 Å². The van der Waals surface area contributed by atoms with Gasteiger partial charge < -0.3 is 24.9 Å². The molecule has 2 unspecified atom stereocenters. The van der Waals surface area contributed by atoms with Crippen molar-refractivity contribution in [3.8, 4) is 11.5 Å². The Kier molecular flexibility index (Phi) is 6.26. The number of ether oxygens (including phenoxy) is 2. The van der Waals surface area contributed by atoms with Crippen molar-refractivity contribution in [1.29, 1.82) is 0 Å². The fourth-order valence-electron chi connectivity index (χ4n) is 3.29. The Labute approximate surface area is 164 Å². The van der Waals surface area contributed by atoms with E-state index in [0.717, 1.165) is 22.9 Å². The summed E-state index contributed by atoms with van der Waals surface area (Å²) in [5.74, 6) is 1.41. The third-order valence-electron chi connectivity index (χ3n) is 4.70. The summed E-state index contributed by atoms with van der Waals surface area (Å²) < 4.78 is 10.8. The Morgan fingerprint density at radius 1 is 1.19 bits per heavy atom. The van der Waals surface area contributed by atoms with Crippen LogP contribution < -0.4 is 14.8 Å². The van der Waals surface area contributed by atoms with Crippen molar-refractivity contribution >= 4 is 22.5 Å². The fourth-order valence-corrected chi connectivity index (χ4v) is 3.49. The van der Waals surface area contributed by atoms with Crippen molar-refractivity contribution in [2.75, 3.05) is 20.8 Å². The molecule has 6 heteroatoms. The summed E-state index contributed by atoms with van der Waals surface area (Å²) in [6.45, 7) is 2.56. The van der Waals surface area contributed by atoms with Gasteiger partial charge in [-0.1, -0.05) is 23.7 Å². The number of methoxy groups -OCH3 is 2. The molecular formula is C21H25ClN2O3. The van der Waals surface area contributed by atoms with Crippen LogP contribution in [-0.4, -0.2) is 36.9 Å². The van der Waals surface area contributed by atoms with Crippen LogP contribution in [0.15, 0.2) is 42.6 Å². The molecule has 2 atom stereocenters. The number of rotatable bonds is 8. The zero-order valence-electron chi connectivity index (χ0n) is 15.8. The second-order valence-electron chi connectivity index (χ2n) is 6.62. The molecule has 3 rings (SSSR count). The summed E-state index contributed by atoms with van der Waals surface area (Å²) in [6, 6.07) is 11.5. The molecule has 0 spiro atoms. The van der Waals surface area contributed by atoms with Crippen LogP contribution in [-0.2, 0) is 6.42 Å². The van der Waals surface area contributed by atoms with Crippen LogP contribution in [0.1, 0.15) is 24.2 Å². The van der Waals surface area contributed by atoms with Crippen LogP contribution in [0.25, 0.3) is 10.9 Å². The van der Waals surface area contributed by atoms with Gasteiger partial charge >= 0.3 is 0 Å². The summed E-state index contributed by atoms with van der Waals surface area (Å²) in [5.41, 5.74) is 2.92. The molecule has 0 bridgehead atoms. The van der Waals surface area contributed by atoms with Crippen LogP contribution in [0, 0.1) is 0 Å². The molecule has 0 aliphatic carbocycles. The van der Waals surface area contributed by atoms with Gasteiger partial charge in [0, 0.05) is 29.2 Å². The highest BCUT2D eigenvalue weighted by Gasteiger charge is 2.15. The zero-order valence-corrected chi connectivity index (χ0v) is 16.5. The molecule has 3 N–H and O–H groups in total. The fraction of sp³-hybridized carbons (Fsp3) is 0.333. The number of aromatic nitrogens is 1. The maximum absolute atomic E-state index is 10.4. The number of hydrogen-bond acceptors (Lipinski definition) is 4. The minimum Gasteiger partial charge on any atom is -0.493 e. The molecule has 3 aromatic rings. The van der Waals surface area contributed by atoms with Crippen molar-refractivity contribution in [2.45, 2.75) is 25.5 Å². The number of hydrogen-bond donors (Lipinski definition) is 3. The smallest absolute Gasteiger partial charge is 0.184 e. The first kappa shape index (κ1) is 19.5. The van der Waals surface area contributed by atoms with Gasteiger partial charge in [0.05, 0.1) is 25.8 Å². The summed E-state index contributed by atoms with van der Waals surface area (Å²) in [5, 5.41) is 15.5. The summed E-state index contributed by atoms with van der Waals surface area (Å²) in [4.78, 5) is 3.29. The second-order valence-corrected chi connectivity index (χ2v) is 7.06. The van der Waals surface area contributed by atoms with Crippen molar-refractivity contribution < 1.29 is 14.6 Å². The molecule has 0 aliphatic rings. The molecule has 1 heterocycles. The topological polar surface area (TPSA) is 66.5 Å². The SMILES string of the molecule is COc1ccc2c(CC(C)NCC(O)c3cccc(Cl)c3)c[nH]c2c1OC. The Morgan fingerprint density at radius 3 is 2.70 bits per heavy atom. The van der Waals surface area contributed by atoms with Gasteiger partial charge in [-0.05, 0) is 48.7 Å². The number of benzene rings is 2. The number of halogens is 1. The summed E-state index contributed by atoms with van der Waals surface area (Å²) in [6.07, 6.45) is 2.22. The molecule has 0 amide bonds. The minimum atomic E-state index is -0.599. The van der Waals surface area contributed by atoms with Gasteiger partial charge in [0.2, 0.25) is 0 Å². The third kappa shape index (κ3) is 4.38. The molecule has 1 aromatic heterocycles. The van der Waals surface area contributed by atoms with Gasteiger partial charge in [0.15, 0.2) is 11.5 Å². The highest BCUT2D eigenvalue weighted by molar-refractivity contribution is 6.30. The monoisotopic (exact) mass is 388 g/mol. The van der Waals surface area contributed by atoms with E-state index < -0.39 is 6.10 Å². The lowest BCUT2D eigenvalue weighted by atomic mass is 10.0. The molecule has 0 saturated heterocycles. The average molecular weight is 389 g/mol. The number of fused-ring (bicyclic) bond motifs is 1. The Morgan fingerprint density at radius 2 is 2.00 bits per heavy atom. The lowest BCUT2D eigenvalue weighted by molar-refractivity contribution is 0.170. The largest absolute Gasteiger partial charge is 0.493 e. The lowest BCUT2D eigenvalue weighted by Gasteiger charge is -2.17. The molecule has 2 aromatic carbocycles. The molecular weight excluding hydrogens is 364 g/mol. The number of aliphatic hydroxyl groups is 1. The Bertz CT molecular complexity index is 910. The molecule has 0 fully saturated rings. The van der Waals surface area contributed by atoms with Crippen molar-refractivity contribution in [2.24, 2.45) is 0 Å². The van der Waals surface area contributed by atoms with Crippen LogP contribution in [0.4, 0.5) is 0 Å². The maximum Gasteiger partial charge on any atom is 0.184 e. The van der Waals surface area contributed by atoms with Crippen LogP contribution >= 0.6 is 11.6 Å². The number of H-pyrrole nitrogens is 1. The van der Waals surface area contributed by atoms with E-state index in [0.29, 0.717) is 23.1 Å². The van der Waals surface area contributed by atoms with E-state index in [-0.39, 0.29) is 6.04 Å². The van der Waals surface area contributed by atoms with E-state index >= 15 is 0 Å². The predicted octanol–water partition coefficient (Wildman–Crippen LogP) is 4.09. The quantitative estimate of drug-likeness (QED) is 0.543. The summed E-state index contributed by atoms with van der Waals surface area (Å²) >= 11 is 5.99. The minimum absolute atomic E-state index is 0.186. The van der Waals surface area contributed by atoms with Crippen LogP contribution in [0.3, 0.4) is 0 Å². The highest BCUT2D eigenvalue weighted by Crippen LogP contribution is 2.36. The Hall–Kier alpha value is -2.21. The molecule has 27 heavy (non-hydrogen) atoms. The van der Waals surface area contributed by atoms with Crippen LogP contribution in [0.2, 0.25) is 5.02 Å². The maximum atomic E-state index is 10.4. The normalized spacial score (nSPS) is 13.5. The van der Waals surface area contributed by atoms with E-state index in [2.05, 4.69) is 17.2 Å². The summed E-state index contributed by atoms with van der Waals surface area (Å²) in [7, 11) is 3.27. The van der Waals surface area contributed by atoms with Gasteiger partial charge in [0.25, 0.3) is 0 Å². The highest BCUT2D eigenvalue weighted by atomic mass is 35.5. The molecule has 5 nitrogen and oxygen atoms in total. The van der Waals surface area contributed by atoms with E-state index in [4.69, 9.17) is 21.1 Å². The lowest BCUT2D eigenvalue weighted by Crippen LogP contribution is -2.32. The van der Waals surface area contributed by atoms with E-state index in [9.17, 15) is 5.11 Å². The van der Waals surface area contributed by atoms with Crippen molar-refractivity contribution in [1.82, 2.24) is 10.3 Å². The number of aliphatic hydroxyl groups excluding tert-OH is 1. The zero-order chi connectivity index (χ0) is 19.4. The molecule has 144 valence electrons. The molecule has 0 saturated carbocycles. The first-order valence-corrected chi connectivity index (χ1v) is 9.29. The van der Waals surface area contributed by atoms with Crippen LogP contribution in [0.5, 0.6) is 11.5 Å². The average Bonchev–Trinajstić information content (AvgIpc) is 3.08. The Balaban J connectivity index is 1.66. The van der Waals surface area contributed by atoms with E-state index in [1.807, 2.05) is 30.5 Å². The van der Waals surface area contributed by atoms with Gasteiger partial charge in [-0.15, -0.1) is 0 Å².